The van der Waals surface area contributed by atoms with Crippen LogP contribution < -0.4 is 20.1 Å². The second-order valence-corrected chi connectivity index (χ2v) is 6.98. The molecule has 6 heteroatoms. The van der Waals surface area contributed by atoms with Crippen LogP contribution in [0.2, 0.25) is 0 Å². The van der Waals surface area contributed by atoms with Crippen LogP contribution in [-0.2, 0) is 0 Å². The van der Waals surface area contributed by atoms with E-state index in [-0.39, 0.29) is 6.10 Å². The lowest BCUT2D eigenvalue weighted by atomic mass is 10.3. The summed E-state index contributed by atoms with van der Waals surface area (Å²) in [7, 11) is 1.65. The Morgan fingerprint density at radius 1 is 1.15 bits per heavy atom. The van der Waals surface area contributed by atoms with Crippen LogP contribution >= 0.6 is 0 Å². The molecular formula is C21H36N4O2. The Hall–Kier alpha value is -1.95. The molecule has 1 aliphatic rings. The third kappa shape index (κ3) is 8.08. The predicted octanol–water partition coefficient (Wildman–Crippen LogP) is 2.89. The maximum absolute atomic E-state index is 5.97. The van der Waals surface area contributed by atoms with Gasteiger partial charge in [-0.1, -0.05) is 12.1 Å². The number of para-hydroxylation sites is 2. The zero-order valence-corrected chi connectivity index (χ0v) is 17.2. The van der Waals surface area contributed by atoms with Crippen LogP contribution in [0, 0.1) is 0 Å². The molecule has 1 heterocycles. The molecule has 0 aromatic heterocycles. The lowest BCUT2D eigenvalue weighted by Gasteiger charge is -2.17. The maximum atomic E-state index is 5.97. The number of unbranched alkanes of at least 4 members (excludes halogenated alkanes) is 1. The Balaban J connectivity index is 1.71. The molecule has 1 aromatic carbocycles. The highest BCUT2D eigenvalue weighted by atomic mass is 16.5. The van der Waals surface area contributed by atoms with E-state index >= 15 is 0 Å². The normalized spacial score (nSPS) is 16.2. The molecule has 0 spiro atoms. The SMILES string of the molecule is CCNC(=NCC(C)Oc1ccccc1OC)NCCCCN1CCCC1. The number of aliphatic imine (C=N–C) groups is 1. The molecule has 1 aliphatic heterocycles. The number of nitrogens with one attached hydrogen (secondary N) is 2. The summed E-state index contributed by atoms with van der Waals surface area (Å²) in [5.41, 5.74) is 0. The van der Waals surface area contributed by atoms with E-state index < -0.39 is 0 Å². The third-order valence-electron chi connectivity index (χ3n) is 4.64. The topological polar surface area (TPSA) is 58.1 Å². The summed E-state index contributed by atoms with van der Waals surface area (Å²) in [6.45, 7) is 10.3. The van der Waals surface area contributed by atoms with Gasteiger partial charge in [-0.05, 0) is 71.3 Å². The molecule has 1 unspecified atom stereocenters. The minimum absolute atomic E-state index is 0.0353. The summed E-state index contributed by atoms with van der Waals surface area (Å²) >= 11 is 0. The fourth-order valence-corrected chi connectivity index (χ4v) is 3.21. The van der Waals surface area contributed by atoms with E-state index in [4.69, 9.17) is 9.47 Å². The van der Waals surface area contributed by atoms with Crippen LogP contribution in [0.15, 0.2) is 29.3 Å². The van der Waals surface area contributed by atoms with E-state index in [1.807, 2.05) is 31.2 Å². The zero-order chi connectivity index (χ0) is 19.3. The second kappa shape index (κ2) is 12.4. The molecule has 0 saturated carbocycles. The average Bonchev–Trinajstić information content (AvgIpc) is 3.19. The van der Waals surface area contributed by atoms with Crippen molar-refractivity contribution in [2.24, 2.45) is 4.99 Å². The predicted molar refractivity (Wildman–Crippen MR) is 112 cm³/mol. The number of methoxy groups -OCH3 is 1. The molecule has 0 amide bonds. The largest absolute Gasteiger partial charge is 0.493 e. The lowest BCUT2D eigenvalue weighted by Crippen LogP contribution is -2.38. The van der Waals surface area contributed by atoms with Crippen LogP contribution in [0.3, 0.4) is 0 Å². The van der Waals surface area contributed by atoms with Gasteiger partial charge in [-0.3, -0.25) is 0 Å². The number of hydrogen-bond donors (Lipinski definition) is 2. The van der Waals surface area contributed by atoms with Gasteiger partial charge in [0.25, 0.3) is 0 Å². The second-order valence-electron chi connectivity index (χ2n) is 6.98. The van der Waals surface area contributed by atoms with Crippen molar-refractivity contribution >= 4 is 5.96 Å². The molecular weight excluding hydrogens is 340 g/mol. The van der Waals surface area contributed by atoms with Crippen LogP contribution in [-0.4, -0.2) is 63.3 Å². The van der Waals surface area contributed by atoms with Crippen molar-refractivity contribution in [2.45, 2.75) is 45.6 Å². The van der Waals surface area contributed by atoms with Crippen LogP contribution in [0.25, 0.3) is 0 Å². The summed E-state index contributed by atoms with van der Waals surface area (Å²) in [5, 5.41) is 6.73. The Morgan fingerprint density at radius 2 is 1.89 bits per heavy atom. The average molecular weight is 377 g/mol. The van der Waals surface area contributed by atoms with E-state index in [9.17, 15) is 0 Å². The van der Waals surface area contributed by atoms with Gasteiger partial charge < -0.3 is 25.0 Å². The number of nitrogens with zero attached hydrogens (tertiary/aromatic N) is 2. The Labute approximate surface area is 164 Å². The van der Waals surface area contributed by atoms with Gasteiger partial charge in [-0.25, -0.2) is 4.99 Å². The van der Waals surface area contributed by atoms with Gasteiger partial charge in [-0.2, -0.15) is 0 Å². The minimum Gasteiger partial charge on any atom is -0.493 e. The number of likely N-dealkylation sites (tertiary alicyclic amines) is 1. The standard InChI is InChI=1S/C21H36N4O2/c1-4-22-21(23-13-7-8-14-25-15-9-10-16-25)24-17-18(2)27-20-12-6-5-11-19(20)26-3/h5-6,11-12,18H,4,7-10,13-17H2,1-3H3,(H2,22,23,24). The number of benzene rings is 1. The molecule has 27 heavy (non-hydrogen) atoms. The molecule has 1 saturated heterocycles. The molecule has 152 valence electrons. The molecule has 1 fully saturated rings. The molecule has 2 rings (SSSR count). The van der Waals surface area contributed by atoms with Crippen LogP contribution in [0.1, 0.15) is 39.5 Å². The van der Waals surface area contributed by atoms with Crippen molar-refractivity contribution < 1.29 is 9.47 Å². The van der Waals surface area contributed by atoms with Crippen LogP contribution in [0.4, 0.5) is 0 Å². The number of ether oxygens (including phenoxy) is 2. The molecule has 0 radical (unpaired) electrons. The first-order valence-corrected chi connectivity index (χ1v) is 10.3. The molecule has 6 nitrogen and oxygen atoms in total. The van der Waals surface area contributed by atoms with Gasteiger partial charge in [0, 0.05) is 13.1 Å². The summed E-state index contributed by atoms with van der Waals surface area (Å²) in [6, 6.07) is 7.70. The quantitative estimate of drug-likeness (QED) is 0.353. The minimum atomic E-state index is -0.0353. The first-order chi connectivity index (χ1) is 13.2. The van der Waals surface area contributed by atoms with Crippen molar-refractivity contribution in [2.75, 3.05) is 46.4 Å². The van der Waals surface area contributed by atoms with Crippen molar-refractivity contribution in [3.63, 3.8) is 0 Å². The van der Waals surface area contributed by atoms with E-state index in [0.717, 1.165) is 37.0 Å². The van der Waals surface area contributed by atoms with Gasteiger partial charge in [-0.15, -0.1) is 0 Å². The molecule has 0 bridgehead atoms. The summed E-state index contributed by atoms with van der Waals surface area (Å²) in [4.78, 5) is 7.22. The number of guanidine groups is 1. The van der Waals surface area contributed by atoms with Gasteiger partial charge in [0.2, 0.25) is 0 Å². The highest BCUT2D eigenvalue weighted by molar-refractivity contribution is 5.79. The summed E-state index contributed by atoms with van der Waals surface area (Å²) in [6.07, 6.45) is 5.09. The fourth-order valence-electron chi connectivity index (χ4n) is 3.21. The fraction of sp³-hybridized carbons (Fsp3) is 0.667. The van der Waals surface area contributed by atoms with Crippen LogP contribution in [0.5, 0.6) is 11.5 Å². The number of hydrogen-bond acceptors (Lipinski definition) is 4. The van der Waals surface area contributed by atoms with Gasteiger partial charge in [0.05, 0.1) is 13.7 Å². The first kappa shape index (κ1) is 21.4. The number of rotatable bonds is 11. The highest BCUT2D eigenvalue weighted by Gasteiger charge is 2.10. The Bertz CT molecular complexity index is 559. The van der Waals surface area contributed by atoms with E-state index in [1.54, 1.807) is 7.11 Å². The smallest absolute Gasteiger partial charge is 0.191 e. The summed E-state index contributed by atoms with van der Waals surface area (Å²) < 4.78 is 11.3. The highest BCUT2D eigenvalue weighted by Crippen LogP contribution is 2.26. The Kier molecular flexibility index (Phi) is 9.84. The molecule has 2 N–H and O–H groups in total. The van der Waals surface area contributed by atoms with Gasteiger partial charge in [0.1, 0.15) is 6.10 Å². The van der Waals surface area contributed by atoms with Gasteiger partial charge in [0.15, 0.2) is 17.5 Å². The maximum Gasteiger partial charge on any atom is 0.191 e. The monoisotopic (exact) mass is 376 g/mol. The van der Waals surface area contributed by atoms with E-state index in [1.165, 1.54) is 38.9 Å². The van der Waals surface area contributed by atoms with E-state index in [2.05, 4.69) is 27.4 Å². The molecule has 1 aromatic rings. The Morgan fingerprint density at radius 3 is 2.59 bits per heavy atom. The van der Waals surface area contributed by atoms with Crippen molar-refractivity contribution in [1.29, 1.82) is 0 Å². The van der Waals surface area contributed by atoms with Crippen molar-refractivity contribution in [3.05, 3.63) is 24.3 Å². The summed E-state index contributed by atoms with van der Waals surface area (Å²) in [5.74, 6) is 2.35. The van der Waals surface area contributed by atoms with E-state index in [0.29, 0.717) is 6.54 Å². The van der Waals surface area contributed by atoms with Gasteiger partial charge >= 0.3 is 0 Å². The van der Waals surface area contributed by atoms with Crippen molar-refractivity contribution in [1.82, 2.24) is 15.5 Å². The zero-order valence-electron chi connectivity index (χ0n) is 17.2. The van der Waals surface area contributed by atoms with Crippen molar-refractivity contribution in [3.8, 4) is 11.5 Å². The molecule has 0 aliphatic carbocycles. The molecule has 1 atom stereocenters. The first-order valence-electron chi connectivity index (χ1n) is 10.3. The third-order valence-corrected chi connectivity index (χ3v) is 4.64. The lowest BCUT2D eigenvalue weighted by molar-refractivity contribution is 0.219.